The van der Waals surface area contributed by atoms with E-state index in [1.807, 2.05) is 0 Å². The summed E-state index contributed by atoms with van der Waals surface area (Å²) in [5.74, 6) is 0. The molecule has 12 heavy (non-hydrogen) atoms. The number of primary amides is 2. The van der Waals surface area contributed by atoms with Gasteiger partial charge in [0.2, 0.25) is 0 Å². The van der Waals surface area contributed by atoms with E-state index in [0.29, 0.717) is 12.5 Å². The Bertz CT molecular complexity index is 131. The lowest BCUT2D eigenvalue weighted by atomic mass is 10.9. The first-order chi connectivity index (χ1) is 5.56. The van der Waals surface area contributed by atoms with Crippen molar-refractivity contribution in [3.8, 4) is 0 Å². The Morgan fingerprint density at radius 2 is 1.17 bits per heavy atom. The third-order valence-electron chi connectivity index (χ3n) is 0.122. The van der Waals surface area contributed by atoms with Crippen molar-refractivity contribution in [3.63, 3.8) is 0 Å². The zero-order valence-corrected chi connectivity index (χ0v) is 6.08. The van der Waals surface area contributed by atoms with Gasteiger partial charge in [0.15, 0.2) is 12.6 Å². The number of aliphatic hydroxyl groups excluding tert-OH is 2. The maximum Gasteiger partial charge on any atom is 0.309 e. The molecule has 0 spiro atoms. The maximum atomic E-state index is 9.00. The first-order valence-electron chi connectivity index (χ1n) is 2.44. The summed E-state index contributed by atoms with van der Waals surface area (Å²) in [4.78, 5) is 26.6. The second kappa shape index (κ2) is 23.1. The summed E-state index contributed by atoms with van der Waals surface area (Å²) in [6.07, 6.45) is 1.50. The van der Waals surface area contributed by atoms with Gasteiger partial charge in [-0.2, -0.15) is 0 Å². The molecule has 0 saturated carbocycles. The predicted octanol–water partition coefficient (Wildman–Crippen LogP) is -1.02. The van der Waals surface area contributed by atoms with Crippen LogP contribution in [-0.4, -0.2) is 28.8 Å². The fraction of sp³-hybridized carbons (Fsp3) is 0. The lowest BCUT2D eigenvalue weighted by molar-refractivity contribution is -0.122. The second-order valence-electron chi connectivity index (χ2n) is 0.973. The van der Waals surface area contributed by atoms with Gasteiger partial charge in [-0.15, -0.1) is 0 Å². The number of carbonyl (C=O) groups is 3. The van der Waals surface area contributed by atoms with Crippen LogP contribution >= 0.6 is 0 Å². The third kappa shape index (κ3) is 154000. The van der Waals surface area contributed by atoms with E-state index in [2.05, 4.69) is 11.5 Å². The maximum absolute atomic E-state index is 9.00. The number of aldehydes is 2. The van der Waals surface area contributed by atoms with E-state index >= 15 is 0 Å². The number of carbonyl (C=O) groups excluding carboxylic acids is 3. The third-order valence-corrected chi connectivity index (χ3v) is 0.122. The number of hydrogen-bond donors (Lipinski definition) is 4. The average molecular weight is 178 g/mol. The van der Waals surface area contributed by atoms with Crippen LogP contribution in [0.5, 0.6) is 0 Å². The highest BCUT2D eigenvalue weighted by Crippen LogP contribution is 1.44. The summed E-state index contributed by atoms with van der Waals surface area (Å²) >= 11 is 0. The first-order valence-corrected chi connectivity index (χ1v) is 2.44. The van der Waals surface area contributed by atoms with E-state index in [1.165, 1.54) is 0 Å². The van der Waals surface area contributed by atoms with Gasteiger partial charge in [0.05, 0.1) is 0 Å². The average Bonchev–Trinajstić information content (AvgIpc) is 2.03. The van der Waals surface area contributed by atoms with Gasteiger partial charge in [0.1, 0.15) is 12.5 Å². The molecule has 0 atom stereocenters. The zero-order chi connectivity index (χ0) is 10.4. The topological polar surface area (TPSA) is 144 Å². The highest BCUT2D eigenvalue weighted by atomic mass is 16.3. The largest absolute Gasteiger partial charge is 0.512 e. The summed E-state index contributed by atoms with van der Waals surface area (Å²) in [5.41, 5.74) is 8.50. The number of hydrogen-bond acceptors (Lipinski definition) is 5. The molecular weight excluding hydrogens is 168 g/mol. The summed E-state index contributed by atoms with van der Waals surface area (Å²) in [7, 11) is 0. The lowest BCUT2D eigenvalue weighted by Gasteiger charge is -1.62. The molecule has 0 aliphatic rings. The summed E-state index contributed by atoms with van der Waals surface area (Å²) in [6.45, 7) is 0. The Morgan fingerprint density at radius 1 is 1.00 bits per heavy atom. The normalized spacial score (nSPS) is 6.67. The van der Waals surface area contributed by atoms with E-state index < -0.39 is 6.03 Å². The van der Waals surface area contributed by atoms with Crippen molar-refractivity contribution in [3.05, 3.63) is 12.5 Å². The van der Waals surface area contributed by atoms with Gasteiger partial charge >= 0.3 is 6.03 Å². The second-order valence-corrected chi connectivity index (χ2v) is 0.973. The first kappa shape index (κ1) is 16.5. The molecule has 6 N–H and O–H groups in total. The molecule has 7 nitrogen and oxygen atoms in total. The van der Waals surface area contributed by atoms with Gasteiger partial charge in [-0.1, -0.05) is 0 Å². The molecule has 0 saturated heterocycles. The molecule has 0 fully saturated rings. The fourth-order valence-corrected chi connectivity index (χ4v) is 0. The lowest BCUT2D eigenvalue weighted by Crippen LogP contribution is -2.18. The molecule has 0 bridgehead atoms. The minimum absolute atomic E-state index is 0.194. The summed E-state index contributed by atoms with van der Waals surface area (Å²) in [6, 6.07) is -0.833. The molecular formula is C5H10N2O5. The zero-order valence-electron chi connectivity index (χ0n) is 6.08. The van der Waals surface area contributed by atoms with E-state index in [1.54, 1.807) is 0 Å². The molecule has 70 valence electrons. The van der Waals surface area contributed by atoms with Gasteiger partial charge in [-0.05, 0) is 0 Å². The smallest absolute Gasteiger partial charge is 0.309 e. The minimum Gasteiger partial charge on any atom is -0.512 e. The van der Waals surface area contributed by atoms with Crippen LogP contribution in [0.15, 0.2) is 12.5 Å². The van der Waals surface area contributed by atoms with Crippen LogP contribution in [0.2, 0.25) is 0 Å². The van der Waals surface area contributed by atoms with Crippen LogP contribution in [0, 0.1) is 0 Å². The highest BCUT2D eigenvalue weighted by molar-refractivity contribution is 6.09. The Hall–Kier alpha value is -2.05. The Morgan fingerprint density at radius 3 is 1.17 bits per heavy atom. The van der Waals surface area contributed by atoms with Gasteiger partial charge in [-0.3, -0.25) is 9.59 Å². The molecule has 0 aliphatic heterocycles. The van der Waals surface area contributed by atoms with Crippen LogP contribution in [-0.2, 0) is 9.59 Å². The van der Waals surface area contributed by atoms with E-state index in [4.69, 9.17) is 24.6 Å². The van der Waals surface area contributed by atoms with Crippen molar-refractivity contribution in [2.24, 2.45) is 11.5 Å². The Balaban J connectivity index is -0.000000101. The molecule has 0 aromatic heterocycles. The van der Waals surface area contributed by atoms with Crippen molar-refractivity contribution in [1.82, 2.24) is 0 Å². The van der Waals surface area contributed by atoms with Crippen molar-refractivity contribution in [2.45, 2.75) is 0 Å². The number of aliphatic hydroxyl groups is 2. The van der Waals surface area contributed by atoms with Crippen LogP contribution < -0.4 is 11.5 Å². The van der Waals surface area contributed by atoms with Gasteiger partial charge in [0, 0.05) is 0 Å². The van der Waals surface area contributed by atoms with E-state index in [-0.39, 0.29) is 12.6 Å². The van der Waals surface area contributed by atoms with Crippen LogP contribution in [0.25, 0.3) is 0 Å². The van der Waals surface area contributed by atoms with Gasteiger partial charge < -0.3 is 21.7 Å². The number of amides is 2. The standard InChI is InChI=1S/C2H4O2.C2H2O2.CH4N2O/c2*3-1-2-4;2-1(3)4/h1-4H;1-2H;(H4,2,3,4). The SMILES string of the molecule is NC(N)=O.O=CC=O.OC=CO. The highest BCUT2D eigenvalue weighted by Gasteiger charge is 1.60. The quantitative estimate of drug-likeness (QED) is 0.231. The summed E-state index contributed by atoms with van der Waals surface area (Å²) < 4.78 is 0. The predicted molar refractivity (Wildman–Crippen MR) is 40.3 cm³/mol. The molecule has 0 aliphatic carbocycles. The number of urea groups is 1. The van der Waals surface area contributed by atoms with Crippen LogP contribution in [0.1, 0.15) is 0 Å². The number of rotatable bonds is 1. The molecule has 0 unspecified atom stereocenters. The van der Waals surface area contributed by atoms with Gasteiger partial charge in [-0.25, -0.2) is 4.79 Å². The Kier molecular flexibility index (Phi) is 31.7. The van der Waals surface area contributed by atoms with E-state index in [9.17, 15) is 0 Å². The van der Waals surface area contributed by atoms with Crippen LogP contribution in [0.3, 0.4) is 0 Å². The molecule has 0 heterocycles. The van der Waals surface area contributed by atoms with E-state index in [0.717, 1.165) is 0 Å². The fourth-order valence-electron chi connectivity index (χ4n) is 0. The number of nitrogens with two attached hydrogens (primary N) is 2. The molecule has 0 radical (unpaired) electrons. The molecule has 0 rings (SSSR count). The minimum atomic E-state index is -0.833. The monoisotopic (exact) mass is 178 g/mol. The summed E-state index contributed by atoms with van der Waals surface area (Å²) in [5, 5.41) is 14.9. The van der Waals surface area contributed by atoms with Crippen LogP contribution in [0.4, 0.5) is 4.79 Å². The molecule has 2 amide bonds. The molecule has 7 heteroatoms. The molecule has 0 aromatic rings. The van der Waals surface area contributed by atoms with Crippen molar-refractivity contribution < 1.29 is 24.6 Å². The van der Waals surface area contributed by atoms with Crippen molar-refractivity contribution in [2.75, 3.05) is 0 Å². The van der Waals surface area contributed by atoms with Crippen molar-refractivity contribution >= 4 is 18.6 Å². The Labute approximate surface area is 68.3 Å². The van der Waals surface area contributed by atoms with Crippen molar-refractivity contribution in [1.29, 1.82) is 0 Å². The van der Waals surface area contributed by atoms with Gasteiger partial charge in [0.25, 0.3) is 0 Å². The molecule has 0 aromatic carbocycles.